The van der Waals surface area contributed by atoms with Gasteiger partial charge in [-0.25, -0.2) is 0 Å². The van der Waals surface area contributed by atoms with E-state index >= 15 is 0 Å². The third-order valence-corrected chi connectivity index (χ3v) is 5.80. The molecule has 0 aliphatic heterocycles. The van der Waals surface area contributed by atoms with Gasteiger partial charge in [0, 0.05) is 10.8 Å². The van der Waals surface area contributed by atoms with E-state index in [4.69, 9.17) is 0 Å². The van der Waals surface area contributed by atoms with Crippen molar-refractivity contribution in [2.45, 2.75) is 51.4 Å². The Labute approximate surface area is 131 Å². The van der Waals surface area contributed by atoms with Crippen molar-refractivity contribution in [3.63, 3.8) is 0 Å². The second-order valence-electron chi connectivity index (χ2n) is 6.92. The highest BCUT2D eigenvalue weighted by molar-refractivity contribution is 7.14. The average Bonchev–Trinajstić information content (AvgIpc) is 2.96. The number of thiophene rings is 1. The fourth-order valence-corrected chi connectivity index (χ4v) is 4.13. The van der Waals surface area contributed by atoms with E-state index in [0.29, 0.717) is 5.78 Å². The van der Waals surface area contributed by atoms with E-state index in [1.807, 2.05) is 6.07 Å². The molecular weight excluding hydrogens is 276 g/mol. The third kappa shape index (κ3) is 2.82. The van der Waals surface area contributed by atoms with Crippen molar-refractivity contribution in [2.24, 2.45) is 0 Å². The van der Waals surface area contributed by atoms with Gasteiger partial charge in [-0.3, -0.25) is 4.79 Å². The molecule has 110 valence electrons. The quantitative estimate of drug-likeness (QED) is 0.683. The SMILES string of the molecule is CC(C)(C)c1ccc(C(=O)C2CCCc3ccccc32)s1. The fourth-order valence-electron chi connectivity index (χ4n) is 3.07. The van der Waals surface area contributed by atoms with E-state index in [0.717, 1.165) is 24.1 Å². The molecule has 0 fully saturated rings. The number of rotatable bonds is 2. The number of ketones is 1. The first-order chi connectivity index (χ1) is 9.97. The first-order valence-corrected chi connectivity index (χ1v) is 8.51. The molecule has 1 aliphatic rings. The Morgan fingerprint density at radius 1 is 1.14 bits per heavy atom. The van der Waals surface area contributed by atoms with Crippen LogP contribution in [0.15, 0.2) is 36.4 Å². The predicted molar refractivity (Wildman–Crippen MR) is 89.5 cm³/mol. The van der Waals surface area contributed by atoms with Crippen LogP contribution in [0.1, 0.15) is 65.2 Å². The third-order valence-electron chi connectivity index (χ3n) is 4.27. The number of carbonyl (C=O) groups excluding carboxylic acids is 1. The van der Waals surface area contributed by atoms with Crippen LogP contribution in [0.25, 0.3) is 0 Å². The first kappa shape index (κ1) is 14.5. The number of aryl methyl sites for hydroxylation is 1. The Bertz CT molecular complexity index is 660. The molecule has 1 atom stereocenters. The Balaban J connectivity index is 1.92. The van der Waals surface area contributed by atoms with Gasteiger partial charge in [-0.15, -0.1) is 11.3 Å². The van der Waals surface area contributed by atoms with Gasteiger partial charge in [-0.1, -0.05) is 45.0 Å². The Morgan fingerprint density at radius 3 is 2.62 bits per heavy atom. The topological polar surface area (TPSA) is 17.1 Å². The maximum Gasteiger partial charge on any atom is 0.180 e. The zero-order valence-corrected chi connectivity index (χ0v) is 13.8. The molecule has 1 heterocycles. The van der Waals surface area contributed by atoms with Crippen molar-refractivity contribution in [2.75, 3.05) is 0 Å². The molecule has 1 unspecified atom stereocenters. The summed E-state index contributed by atoms with van der Waals surface area (Å²) in [6, 6.07) is 12.6. The number of carbonyl (C=O) groups is 1. The molecule has 0 N–H and O–H groups in total. The predicted octanol–water partition coefficient (Wildman–Crippen LogP) is 5.35. The van der Waals surface area contributed by atoms with Crippen LogP contribution in [0.5, 0.6) is 0 Å². The molecule has 1 aromatic carbocycles. The van der Waals surface area contributed by atoms with Gasteiger partial charge in [0.15, 0.2) is 5.78 Å². The molecule has 1 aromatic heterocycles. The van der Waals surface area contributed by atoms with Gasteiger partial charge in [0.1, 0.15) is 0 Å². The van der Waals surface area contributed by atoms with Crippen LogP contribution < -0.4 is 0 Å². The Hall–Kier alpha value is -1.41. The van der Waals surface area contributed by atoms with Gasteiger partial charge in [0.05, 0.1) is 4.88 Å². The van der Waals surface area contributed by atoms with Crippen molar-refractivity contribution >= 4 is 17.1 Å². The summed E-state index contributed by atoms with van der Waals surface area (Å²) in [7, 11) is 0. The largest absolute Gasteiger partial charge is 0.293 e. The molecule has 0 radical (unpaired) electrons. The summed E-state index contributed by atoms with van der Waals surface area (Å²) in [5.41, 5.74) is 2.72. The fraction of sp³-hybridized carbons (Fsp3) is 0.421. The van der Waals surface area contributed by atoms with E-state index in [9.17, 15) is 4.79 Å². The van der Waals surface area contributed by atoms with Crippen LogP contribution in [0.2, 0.25) is 0 Å². The summed E-state index contributed by atoms with van der Waals surface area (Å²) >= 11 is 1.67. The maximum absolute atomic E-state index is 12.9. The van der Waals surface area contributed by atoms with Crippen LogP contribution in [0, 0.1) is 0 Å². The highest BCUT2D eigenvalue weighted by Crippen LogP contribution is 2.37. The molecule has 0 bridgehead atoms. The van der Waals surface area contributed by atoms with E-state index in [1.54, 1.807) is 11.3 Å². The average molecular weight is 298 g/mol. The van der Waals surface area contributed by atoms with Crippen molar-refractivity contribution < 1.29 is 4.79 Å². The molecule has 2 heteroatoms. The number of hydrogen-bond donors (Lipinski definition) is 0. The van der Waals surface area contributed by atoms with Crippen LogP contribution in [-0.4, -0.2) is 5.78 Å². The maximum atomic E-state index is 12.9. The number of fused-ring (bicyclic) bond motifs is 1. The lowest BCUT2D eigenvalue weighted by Gasteiger charge is -2.24. The van der Waals surface area contributed by atoms with Crippen LogP contribution in [0.4, 0.5) is 0 Å². The lowest BCUT2D eigenvalue weighted by atomic mass is 9.80. The molecule has 0 amide bonds. The van der Waals surface area contributed by atoms with Crippen LogP contribution >= 0.6 is 11.3 Å². The minimum Gasteiger partial charge on any atom is -0.293 e. The molecular formula is C19H22OS. The van der Waals surface area contributed by atoms with Gasteiger partial charge >= 0.3 is 0 Å². The van der Waals surface area contributed by atoms with E-state index < -0.39 is 0 Å². The number of benzene rings is 1. The van der Waals surface area contributed by atoms with Gasteiger partial charge < -0.3 is 0 Å². The monoisotopic (exact) mass is 298 g/mol. The summed E-state index contributed by atoms with van der Waals surface area (Å²) in [4.78, 5) is 15.1. The van der Waals surface area contributed by atoms with Crippen molar-refractivity contribution in [3.8, 4) is 0 Å². The molecule has 0 spiro atoms. The van der Waals surface area contributed by atoms with Crippen LogP contribution in [0.3, 0.4) is 0 Å². The smallest absolute Gasteiger partial charge is 0.180 e. The number of Topliss-reactive ketones (excluding diaryl/α,β-unsaturated/α-hetero) is 1. The van der Waals surface area contributed by atoms with Crippen molar-refractivity contribution in [3.05, 3.63) is 57.3 Å². The number of hydrogen-bond acceptors (Lipinski definition) is 2. The summed E-state index contributed by atoms with van der Waals surface area (Å²) in [5.74, 6) is 0.365. The molecule has 2 aromatic rings. The van der Waals surface area contributed by atoms with Crippen molar-refractivity contribution in [1.29, 1.82) is 0 Å². The van der Waals surface area contributed by atoms with Gasteiger partial charge in [0.25, 0.3) is 0 Å². The Kier molecular flexibility index (Phi) is 3.75. The minimum absolute atomic E-state index is 0.0569. The van der Waals surface area contributed by atoms with E-state index in [2.05, 4.69) is 51.1 Å². The standard InChI is InChI=1S/C19H22OS/c1-19(2,3)17-12-11-16(21-17)18(20)15-10-6-8-13-7-4-5-9-14(13)15/h4-5,7,9,11-12,15H,6,8,10H2,1-3H3. The van der Waals surface area contributed by atoms with Gasteiger partial charge in [-0.2, -0.15) is 0 Å². The first-order valence-electron chi connectivity index (χ1n) is 7.69. The zero-order valence-electron chi connectivity index (χ0n) is 13.0. The molecule has 1 nitrogen and oxygen atoms in total. The van der Waals surface area contributed by atoms with E-state index in [-0.39, 0.29) is 11.3 Å². The summed E-state index contributed by atoms with van der Waals surface area (Å²) < 4.78 is 0. The lowest BCUT2D eigenvalue weighted by Crippen LogP contribution is -2.18. The highest BCUT2D eigenvalue weighted by Gasteiger charge is 2.28. The minimum atomic E-state index is 0.0569. The molecule has 3 rings (SSSR count). The van der Waals surface area contributed by atoms with Crippen LogP contribution in [-0.2, 0) is 11.8 Å². The normalized spacial score (nSPS) is 18.3. The summed E-state index contributed by atoms with van der Waals surface area (Å²) in [6.07, 6.45) is 3.21. The highest BCUT2D eigenvalue weighted by atomic mass is 32.1. The molecule has 0 saturated heterocycles. The molecule has 1 aliphatic carbocycles. The lowest BCUT2D eigenvalue weighted by molar-refractivity contribution is 0.0955. The molecule has 21 heavy (non-hydrogen) atoms. The second-order valence-corrected chi connectivity index (χ2v) is 8.01. The second kappa shape index (κ2) is 5.42. The van der Waals surface area contributed by atoms with Gasteiger partial charge in [0.2, 0.25) is 0 Å². The Morgan fingerprint density at radius 2 is 1.90 bits per heavy atom. The summed E-state index contributed by atoms with van der Waals surface area (Å²) in [6.45, 7) is 6.59. The zero-order chi connectivity index (χ0) is 15.0. The summed E-state index contributed by atoms with van der Waals surface area (Å²) in [5, 5.41) is 0. The van der Waals surface area contributed by atoms with E-state index in [1.165, 1.54) is 16.0 Å². The van der Waals surface area contributed by atoms with Crippen molar-refractivity contribution in [1.82, 2.24) is 0 Å². The van der Waals surface area contributed by atoms with Gasteiger partial charge in [-0.05, 0) is 47.9 Å². The molecule has 0 saturated carbocycles.